The van der Waals surface area contributed by atoms with Gasteiger partial charge >= 0.3 is 0 Å². The Balaban J connectivity index is 1.97. The molecule has 0 amide bonds. The lowest BCUT2D eigenvalue weighted by molar-refractivity contribution is 0.455. The molecule has 110 valence electrons. The molecular formula is C15H16ClN3OS. The van der Waals surface area contributed by atoms with Crippen molar-refractivity contribution in [1.82, 2.24) is 9.38 Å². The molecule has 0 bridgehead atoms. The molecule has 2 aromatic heterocycles. The van der Waals surface area contributed by atoms with Gasteiger partial charge in [0, 0.05) is 29.1 Å². The van der Waals surface area contributed by atoms with Gasteiger partial charge in [-0.15, -0.1) is 11.3 Å². The zero-order chi connectivity index (χ0) is 14.8. The molecule has 1 atom stereocenters. The van der Waals surface area contributed by atoms with Crippen LogP contribution in [0.4, 0.5) is 0 Å². The summed E-state index contributed by atoms with van der Waals surface area (Å²) in [5.74, 6) is 1.28. The Morgan fingerprint density at radius 2 is 2.33 bits per heavy atom. The molecule has 0 saturated carbocycles. The Morgan fingerprint density at radius 1 is 1.48 bits per heavy atom. The number of fused-ring (bicyclic) bond motifs is 1. The van der Waals surface area contributed by atoms with Gasteiger partial charge < -0.3 is 10.5 Å². The molecule has 0 radical (unpaired) electrons. The van der Waals surface area contributed by atoms with Crippen LogP contribution >= 0.6 is 22.9 Å². The second-order valence-electron chi connectivity index (χ2n) is 4.85. The molecule has 6 heteroatoms. The first-order chi connectivity index (χ1) is 10.2. The molecule has 2 N–H and O–H groups in total. The Kier molecular flexibility index (Phi) is 4.14. The van der Waals surface area contributed by atoms with E-state index in [1.165, 1.54) is 0 Å². The number of ether oxygens (including phenoxy) is 1. The number of nitrogens with zero attached hydrogens (tertiary/aromatic N) is 2. The molecule has 3 aromatic rings. The van der Waals surface area contributed by atoms with Crippen LogP contribution in [0.25, 0.3) is 4.96 Å². The number of imidazole rings is 1. The molecule has 0 saturated heterocycles. The van der Waals surface area contributed by atoms with Gasteiger partial charge in [0.2, 0.25) is 5.88 Å². The fraction of sp³-hybridized carbons (Fsp3) is 0.267. The van der Waals surface area contributed by atoms with Crippen molar-refractivity contribution in [3.63, 3.8) is 0 Å². The first-order valence-electron chi connectivity index (χ1n) is 6.80. The monoisotopic (exact) mass is 321 g/mol. The first kappa shape index (κ1) is 14.4. The molecule has 0 aliphatic carbocycles. The molecule has 1 aromatic carbocycles. The first-order valence-corrected chi connectivity index (χ1v) is 8.06. The van der Waals surface area contributed by atoms with Crippen LogP contribution in [0.3, 0.4) is 0 Å². The van der Waals surface area contributed by atoms with Gasteiger partial charge in [-0.3, -0.25) is 4.40 Å². The number of nitrogens with two attached hydrogens (primary N) is 1. The summed E-state index contributed by atoms with van der Waals surface area (Å²) < 4.78 is 7.96. The fourth-order valence-corrected chi connectivity index (χ4v) is 3.02. The van der Waals surface area contributed by atoms with Crippen LogP contribution in [0.15, 0.2) is 35.8 Å². The van der Waals surface area contributed by atoms with Gasteiger partial charge in [0.05, 0.1) is 5.69 Å². The van der Waals surface area contributed by atoms with Crippen LogP contribution in [-0.2, 0) is 6.42 Å². The third-order valence-corrected chi connectivity index (χ3v) is 4.31. The summed E-state index contributed by atoms with van der Waals surface area (Å²) in [6.45, 7) is 2.08. The molecule has 0 aliphatic rings. The lowest BCUT2D eigenvalue weighted by atomic mass is 10.1. The van der Waals surface area contributed by atoms with Crippen molar-refractivity contribution < 1.29 is 4.74 Å². The van der Waals surface area contributed by atoms with E-state index < -0.39 is 0 Å². The van der Waals surface area contributed by atoms with E-state index in [0.29, 0.717) is 16.7 Å². The van der Waals surface area contributed by atoms with Crippen LogP contribution in [0.1, 0.15) is 19.0 Å². The Labute approximate surface area is 132 Å². The minimum absolute atomic E-state index is 0.0894. The molecule has 0 aliphatic heterocycles. The number of rotatable bonds is 5. The number of halogens is 1. The van der Waals surface area contributed by atoms with E-state index >= 15 is 0 Å². The highest BCUT2D eigenvalue weighted by Gasteiger charge is 2.17. The van der Waals surface area contributed by atoms with E-state index in [-0.39, 0.29) is 6.04 Å². The van der Waals surface area contributed by atoms with Gasteiger partial charge in [0.25, 0.3) is 0 Å². The third-order valence-electron chi connectivity index (χ3n) is 3.31. The molecule has 1 unspecified atom stereocenters. The standard InChI is InChI=1S/C15H16ClN3OS/c1-2-11(17)9-13-14(18-15-19(13)6-7-21-15)20-12-5-3-4-10(16)8-12/h3-8,11H,2,9,17H2,1H3. The quantitative estimate of drug-likeness (QED) is 0.769. The normalized spacial score (nSPS) is 12.7. The van der Waals surface area contributed by atoms with Crippen molar-refractivity contribution in [2.75, 3.05) is 0 Å². The summed E-state index contributed by atoms with van der Waals surface area (Å²) in [5.41, 5.74) is 7.10. The Hall–Kier alpha value is -1.56. The smallest absolute Gasteiger partial charge is 0.242 e. The molecular weight excluding hydrogens is 306 g/mol. The number of benzene rings is 1. The Bertz CT molecular complexity index is 752. The number of hydrogen-bond donors (Lipinski definition) is 1. The van der Waals surface area contributed by atoms with E-state index in [1.807, 2.05) is 34.2 Å². The van der Waals surface area contributed by atoms with E-state index in [9.17, 15) is 0 Å². The van der Waals surface area contributed by atoms with Crippen LogP contribution < -0.4 is 10.5 Å². The van der Waals surface area contributed by atoms with Gasteiger partial charge in [0.15, 0.2) is 4.96 Å². The predicted octanol–water partition coefficient (Wildman–Crippen LogP) is 4.12. The van der Waals surface area contributed by atoms with Crippen molar-refractivity contribution in [3.8, 4) is 11.6 Å². The summed E-state index contributed by atoms with van der Waals surface area (Å²) in [4.78, 5) is 5.45. The van der Waals surface area contributed by atoms with Gasteiger partial charge in [0.1, 0.15) is 5.75 Å². The fourth-order valence-electron chi connectivity index (χ4n) is 2.11. The zero-order valence-electron chi connectivity index (χ0n) is 11.6. The van der Waals surface area contributed by atoms with Crippen molar-refractivity contribution >= 4 is 27.9 Å². The average Bonchev–Trinajstić information content (AvgIpc) is 3.02. The predicted molar refractivity (Wildman–Crippen MR) is 86.6 cm³/mol. The van der Waals surface area contributed by atoms with Crippen LogP contribution in [0.5, 0.6) is 11.6 Å². The van der Waals surface area contributed by atoms with Crippen LogP contribution in [0, 0.1) is 0 Å². The van der Waals surface area contributed by atoms with E-state index in [2.05, 4.69) is 11.9 Å². The SMILES string of the molecule is CCC(N)Cc1c(Oc2cccc(Cl)c2)nc2sccn12. The lowest BCUT2D eigenvalue weighted by Gasteiger charge is -2.10. The van der Waals surface area contributed by atoms with Crippen LogP contribution in [-0.4, -0.2) is 15.4 Å². The van der Waals surface area contributed by atoms with Gasteiger partial charge in [-0.2, -0.15) is 4.98 Å². The van der Waals surface area contributed by atoms with Crippen molar-refractivity contribution in [3.05, 3.63) is 46.6 Å². The van der Waals surface area contributed by atoms with Gasteiger partial charge in [-0.05, 0) is 24.6 Å². The van der Waals surface area contributed by atoms with Crippen molar-refractivity contribution in [2.45, 2.75) is 25.8 Å². The highest BCUT2D eigenvalue weighted by molar-refractivity contribution is 7.15. The number of hydrogen-bond acceptors (Lipinski definition) is 4. The summed E-state index contributed by atoms with van der Waals surface area (Å²) in [6, 6.07) is 7.40. The Morgan fingerprint density at radius 3 is 3.10 bits per heavy atom. The summed E-state index contributed by atoms with van der Waals surface area (Å²) in [6.07, 6.45) is 3.63. The topological polar surface area (TPSA) is 52.5 Å². The number of thiazole rings is 1. The summed E-state index contributed by atoms with van der Waals surface area (Å²) >= 11 is 7.57. The van der Waals surface area contributed by atoms with Gasteiger partial charge in [-0.25, -0.2) is 0 Å². The molecule has 21 heavy (non-hydrogen) atoms. The van der Waals surface area contributed by atoms with E-state index in [4.69, 9.17) is 22.1 Å². The van der Waals surface area contributed by atoms with E-state index in [1.54, 1.807) is 17.4 Å². The molecule has 4 nitrogen and oxygen atoms in total. The van der Waals surface area contributed by atoms with Crippen molar-refractivity contribution in [1.29, 1.82) is 0 Å². The molecule has 3 rings (SSSR count). The largest absolute Gasteiger partial charge is 0.437 e. The molecule has 0 fully saturated rings. The second kappa shape index (κ2) is 6.05. The lowest BCUT2D eigenvalue weighted by Crippen LogP contribution is -2.22. The average molecular weight is 322 g/mol. The van der Waals surface area contributed by atoms with Gasteiger partial charge in [-0.1, -0.05) is 24.6 Å². The summed E-state index contributed by atoms with van der Waals surface area (Å²) in [5, 5.41) is 2.65. The maximum Gasteiger partial charge on any atom is 0.242 e. The van der Waals surface area contributed by atoms with Crippen LogP contribution in [0.2, 0.25) is 5.02 Å². The minimum atomic E-state index is 0.0894. The highest BCUT2D eigenvalue weighted by atomic mass is 35.5. The molecule has 2 heterocycles. The maximum atomic E-state index is 6.10. The number of aromatic nitrogens is 2. The minimum Gasteiger partial charge on any atom is -0.437 e. The highest BCUT2D eigenvalue weighted by Crippen LogP contribution is 2.30. The van der Waals surface area contributed by atoms with Crippen molar-refractivity contribution in [2.24, 2.45) is 5.73 Å². The third kappa shape index (κ3) is 3.05. The molecule has 0 spiro atoms. The maximum absolute atomic E-state index is 6.10. The zero-order valence-corrected chi connectivity index (χ0v) is 13.2. The second-order valence-corrected chi connectivity index (χ2v) is 6.16. The summed E-state index contributed by atoms with van der Waals surface area (Å²) in [7, 11) is 0. The van der Waals surface area contributed by atoms with E-state index in [0.717, 1.165) is 23.5 Å².